The van der Waals surface area contributed by atoms with Crippen LogP contribution in [0.5, 0.6) is 0 Å². The van der Waals surface area contributed by atoms with Gasteiger partial charge in [-0.05, 0) is 42.0 Å². The molecule has 1 nitrogen and oxygen atoms in total. The van der Waals surface area contributed by atoms with Gasteiger partial charge < -0.3 is 5.32 Å². The molecule has 0 aromatic heterocycles. The second kappa shape index (κ2) is 6.58. The highest BCUT2D eigenvalue weighted by Gasteiger charge is 2.33. The van der Waals surface area contributed by atoms with Gasteiger partial charge in [-0.25, -0.2) is 0 Å². The molecule has 21 heavy (non-hydrogen) atoms. The number of hydrogen-bond acceptors (Lipinski definition) is 1. The first kappa shape index (κ1) is 16.6. The van der Waals surface area contributed by atoms with E-state index in [-0.39, 0.29) is 4.47 Å². The monoisotopic (exact) mass is 441 g/mol. The highest BCUT2D eigenvalue weighted by molar-refractivity contribution is 9.10. The van der Waals surface area contributed by atoms with Gasteiger partial charge in [-0.3, -0.25) is 0 Å². The molecule has 0 amide bonds. The summed E-state index contributed by atoms with van der Waals surface area (Å²) in [7, 11) is 0. The molecule has 0 atom stereocenters. The van der Waals surface area contributed by atoms with Gasteiger partial charge in [0.15, 0.2) is 0 Å². The summed E-state index contributed by atoms with van der Waals surface area (Å²) >= 11 is 12.2. The third-order valence-electron chi connectivity index (χ3n) is 2.76. The molecule has 0 bridgehead atoms. The molecule has 0 saturated heterocycles. The van der Waals surface area contributed by atoms with Gasteiger partial charge in [0.2, 0.25) is 0 Å². The molecule has 0 spiro atoms. The minimum atomic E-state index is -4.40. The van der Waals surface area contributed by atoms with Crippen LogP contribution in [0.1, 0.15) is 11.1 Å². The molecule has 0 unspecified atom stereocenters. The number of hydrogen-bond donors (Lipinski definition) is 1. The molecule has 0 fully saturated rings. The molecule has 1 N–H and O–H groups in total. The second-order valence-corrected chi connectivity index (χ2v) is 6.43. The highest BCUT2D eigenvalue weighted by atomic mass is 79.9. The Bertz CT molecular complexity index is 659. The zero-order chi connectivity index (χ0) is 15.6. The number of halogens is 6. The molecule has 2 aromatic rings. The van der Waals surface area contributed by atoms with E-state index in [0.29, 0.717) is 17.3 Å². The van der Waals surface area contributed by atoms with Gasteiger partial charge in [0.1, 0.15) is 0 Å². The van der Waals surface area contributed by atoms with Gasteiger partial charge in [-0.2, -0.15) is 13.2 Å². The predicted octanol–water partition coefficient (Wildman–Crippen LogP) is 6.50. The maximum atomic E-state index is 12.8. The van der Waals surface area contributed by atoms with Crippen molar-refractivity contribution in [1.82, 2.24) is 0 Å². The van der Waals surface area contributed by atoms with Crippen molar-refractivity contribution in [2.24, 2.45) is 0 Å². The zero-order valence-corrected chi connectivity index (χ0v) is 14.4. The molecule has 0 aliphatic rings. The minimum absolute atomic E-state index is 0.0180. The van der Waals surface area contributed by atoms with Gasteiger partial charge in [-0.15, -0.1) is 0 Å². The lowest BCUT2D eigenvalue weighted by Crippen LogP contribution is -2.08. The van der Waals surface area contributed by atoms with Gasteiger partial charge in [-0.1, -0.05) is 43.5 Å². The zero-order valence-electron chi connectivity index (χ0n) is 10.4. The number of benzene rings is 2. The molecule has 2 rings (SSSR count). The molecule has 2 aromatic carbocycles. The summed E-state index contributed by atoms with van der Waals surface area (Å²) in [6, 6.07) is 9.30. The Balaban J connectivity index is 2.19. The number of nitrogens with one attached hydrogen (secondary N) is 1. The molecule has 0 heterocycles. The van der Waals surface area contributed by atoms with E-state index in [2.05, 4.69) is 37.2 Å². The van der Waals surface area contributed by atoms with Gasteiger partial charge in [0.05, 0.1) is 5.56 Å². The average Bonchev–Trinajstić information content (AvgIpc) is 2.40. The Kier molecular flexibility index (Phi) is 5.22. The van der Waals surface area contributed by atoms with Crippen LogP contribution in [-0.2, 0) is 12.7 Å². The molecule has 7 heteroatoms. The summed E-state index contributed by atoms with van der Waals surface area (Å²) in [5.74, 6) is 0. The fourth-order valence-electron chi connectivity index (χ4n) is 1.73. The Morgan fingerprint density at radius 1 is 1.00 bits per heavy atom. The summed E-state index contributed by atoms with van der Waals surface area (Å²) in [6.45, 7) is 0.361. The highest BCUT2D eigenvalue weighted by Crippen LogP contribution is 2.36. The fourth-order valence-corrected chi connectivity index (χ4v) is 2.78. The molecule has 0 saturated carbocycles. The maximum absolute atomic E-state index is 12.8. The summed E-state index contributed by atoms with van der Waals surface area (Å²) < 4.78 is 39.3. The maximum Gasteiger partial charge on any atom is 0.417 e. The van der Waals surface area contributed by atoms with E-state index in [1.54, 1.807) is 24.3 Å². The smallest absolute Gasteiger partial charge is 0.381 e. The predicted molar refractivity (Wildman–Crippen MR) is 85.6 cm³/mol. The van der Waals surface area contributed by atoms with Crippen molar-refractivity contribution >= 4 is 49.1 Å². The standard InChI is InChI=1S/C14H9Br2ClF3N/c15-12-3-1-9(17)5-8(12)7-21-10-2-4-13(16)11(6-10)14(18,19)20/h1-6,21H,7H2. The van der Waals surface area contributed by atoms with Crippen LogP contribution in [0.2, 0.25) is 5.02 Å². The molecule has 0 radical (unpaired) electrons. The van der Waals surface area contributed by atoms with Crippen LogP contribution in [0.3, 0.4) is 0 Å². The third kappa shape index (κ3) is 4.37. The van der Waals surface area contributed by atoms with Crippen molar-refractivity contribution in [2.45, 2.75) is 12.7 Å². The first-order valence-electron chi connectivity index (χ1n) is 5.82. The van der Waals surface area contributed by atoms with Crippen molar-refractivity contribution in [3.05, 3.63) is 61.5 Å². The first-order chi connectivity index (χ1) is 9.77. The Hall–Kier alpha value is -0.720. The van der Waals surface area contributed by atoms with Crippen molar-refractivity contribution in [2.75, 3.05) is 5.32 Å². The van der Waals surface area contributed by atoms with Crippen LogP contribution >= 0.6 is 43.5 Å². The second-order valence-electron chi connectivity index (χ2n) is 4.28. The minimum Gasteiger partial charge on any atom is -0.381 e. The van der Waals surface area contributed by atoms with E-state index in [4.69, 9.17) is 11.6 Å². The number of alkyl halides is 3. The van der Waals surface area contributed by atoms with Crippen LogP contribution in [0.15, 0.2) is 45.3 Å². The average molecular weight is 443 g/mol. The largest absolute Gasteiger partial charge is 0.417 e. The number of rotatable bonds is 3. The van der Waals surface area contributed by atoms with Crippen molar-refractivity contribution in [3.8, 4) is 0 Å². The van der Waals surface area contributed by atoms with E-state index in [1.807, 2.05) is 0 Å². The van der Waals surface area contributed by atoms with E-state index in [0.717, 1.165) is 16.1 Å². The Morgan fingerprint density at radius 2 is 1.67 bits per heavy atom. The lowest BCUT2D eigenvalue weighted by Gasteiger charge is -2.13. The molecule has 0 aliphatic heterocycles. The summed E-state index contributed by atoms with van der Waals surface area (Å²) in [5, 5.41) is 3.53. The first-order valence-corrected chi connectivity index (χ1v) is 7.78. The normalized spacial score (nSPS) is 11.5. The van der Waals surface area contributed by atoms with Gasteiger partial charge >= 0.3 is 6.18 Å². The lowest BCUT2D eigenvalue weighted by molar-refractivity contribution is -0.138. The molecular weight excluding hydrogens is 434 g/mol. The van der Waals surface area contributed by atoms with Crippen molar-refractivity contribution in [3.63, 3.8) is 0 Å². The summed E-state index contributed by atoms with van der Waals surface area (Å²) in [4.78, 5) is 0. The molecule has 112 valence electrons. The fraction of sp³-hybridized carbons (Fsp3) is 0.143. The van der Waals surface area contributed by atoms with E-state index < -0.39 is 11.7 Å². The topological polar surface area (TPSA) is 12.0 Å². The van der Waals surface area contributed by atoms with Gasteiger partial charge in [0, 0.05) is 26.2 Å². The number of anilines is 1. The van der Waals surface area contributed by atoms with Crippen molar-refractivity contribution < 1.29 is 13.2 Å². The summed E-state index contributed by atoms with van der Waals surface area (Å²) in [6.07, 6.45) is -4.40. The third-order valence-corrected chi connectivity index (χ3v) is 4.46. The van der Waals surface area contributed by atoms with E-state index in [1.165, 1.54) is 6.07 Å². The Labute approximate surface area is 141 Å². The molecule has 0 aliphatic carbocycles. The van der Waals surface area contributed by atoms with Crippen LogP contribution in [0.25, 0.3) is 0 Å². The van der Waals surface area contributed by atoms with E-state index in [9.17, 15) is 13.2 Å². The van der Waals surface area contributed by atoms with Crippen LogP contribution in [0, 0.1) is 0 Å². The van der Waals surface area contributed by atoms with E-state index >= 15 is 0 Å². The van der Waals surface area contributed by atoms with Gasteiger partial charge in [0.25, 0.3) is 0 Å². The van der Waals surface area contributed by atoms with Crippen LogP contribution < -0.4 is 5.32 Å². The summed E-state index contributed by atoms with van der Waals surface area (Å²) in [5.41, 5.74) is 0.536. The van der Waals surface area contributed by atoms with Crippen LogP contribution in [0.4, 0.5) is 18.9 Å². The molecular formula is C14H9Br2ClF3N. The van der Waals surface area contributed by atoms with Crippen molar-refractivity contribution in [1.29, 1.82) is 0 Å². The Morgan fingerprint density at radius 3 is 2.33 bits per heavy atom. The lowest BCUT2D eigenvalue weighted by atomic mass is 10.1. The van der Waals surface area contributed by atoms with Crippen LogP contribution in [-0.4, -0.2) is 0 Å². The quantitative estimate of drug-likeness (QED) is 0.571. The SMILES string of the molecule is FC(F)(F)c1cc(NCc2cc(Cl)ccc2Br)ccc1Br.